The summed E-state index contributed by atoms with van der Waals surface area (Å²) in [5.41, 5.74) is -0.152. The zero-order chi connectivity index (χ0) is 14.5. The molecule has 0 unspecified atom stereocenters. The highest BCUT2D eigenvalue weighted by Gasteiger charge is 2.08. The van der Waals surface area contributed by atoms with E-state index in [2.05, 4.69) is 9.97 Å². The molecule has 0 radical (unpaired) electrons. The van der Waals surface area contributed by atoms with Crippen molar-refractivity contribution in [1.82, 2.24) is 9.97 Å². The van der Waals surface area contributed by atoms with Crippen molar-refractivity contribution in [2.45, 2.75) is 10.1 Å². The molecule has 0 atom stereocenters. The molecule has 0 bridgehead atoms. The number of rotatable bonds is 5. The lowest BCUT2D eigenvalue weighted by Gasteiger charge is -1.99. The molecule has 118 valence electrons. The molecule has 0 aliphatic heterocycles. The molecule has 0 aliphatic rings. The molecule has 22 heavy (non-hydrogen) atoms. The minimum absolute atomic E-state index is 0. The average molecular weight is 378 g/mol. The molecule has 2 rings (SSSR count). The van der Waals surface area contributed by atoms with Crippen molar-refractivity contribution in [2.75, 3.05) is 0 Å². The average Bonchev–Trinajstić information content (AvgIpc) is 2.46. The molecular weight excluding hydrogens is 368 g/mol. The van der Waals surface area contributed by atoms with Crippen molar-refractivity contribution in [3.8, 4) is 0 Å². The van der Waals surface area contributed by atoms with Gasteiger partial charge in [-0.15, -0.1) is 0 Å². The van der Waals surface area contributed by atoms with Gasteiger partial charge in [-0.25, -0.2) is 9.97 Å². The van der Waals surface area contributed by atoms with Gasteiger partial charge < -0.3 is 0 Å². The molecule has 0 spiro atoms. The third kappa shape index (κ3) is 5.71. The Labute approximate surface area is 146 Å². The number of hydrogen-bond acceptors (Lipinski definition) is 8. The van der Waals surface area contributed by atoms with Crippen LogP contribution in [0.5, 0.6) is 0 Å². The van der Waals surface area contributed by atoms with Crippen molar-refractivity contribution in [1.29, 1.82) is 0 Å². The van der Waals surface area contributed by atoms with Crippen LogP contribution in [-0.4, -0.2) is 19.8 Å². The second-order valence-electron chi connectivity index (χ2n) is 3.39. The van der Waals surface area contributed by atoms with Crippen molar-refractivity contribution in [3.05, 3.63) is 56.9 Å². The first-order valence-electron chi connectivity index (χ1n) is 5.11. The summed E-state index contributed by atoms with van der Waals surface area (Å²) >= 11 is 0. The van der Waals surface area contributed by atoms with Crippen LogP contribution < -0.4 is 0 Å². The third-order valence-corrected chi connectivity index (χ3v) is 4.26. The zero-order valence-electron chi connectivity index (χ0n) is 10.7. The standard InChI is InChI=1S/C10H6N4O4S2.2H2S/c15-13(16)7-1-3-9(11-5-7)19-20-10-4-2-8(6-12-10)14(17)18;;/h1-6H;2*1H2. The highest BCUT2D eigenvalue weighted by molar-refractivity contribution is 8.76. The highest BCUT2D eigenvalue weighted by atomic mass is 33.1. The summed E-state index contributed by atoms with van der Waals surface area (Å²) in [5, 5.41) is 22.1. The van der Waals surface area contributed by atoms with Crippen molar-refractivity contribution >= 4 is 60.0 Å². The zero-order valence-corrected chi connectivity index (χ0v) is 14.3. The summed E-state index contributed by atoms with van der Waals surface area (Å²) < 4.78 is 0. The van der Waals surface area contributed by atoms with Gasteiger partial charge in [0.05, 0.1) is 9.85 Å². The van der Waals surface area contributed by atoms with Gasteiger partial charge in [0, 0.05) is 12.1 Å². The quantitative estimate of drug-likeness (QED) is 0.442. The van der Waals surface area contributed by atoms with Gasteiger partial charge in [0.1, 0.15) is 22.4 Å². The third-order valence-electron chi connectivity index (χ3n) is 2.08. The molecule has 0 saturated heterocycles. The van der Waals surface area contributed by atoms with Crippen molar-refractivity contribution < 1.29 is 9.85 Å². The maximum Gasteiger partial charge on any atom is 0.287 e. The first-order chi connectivity index (χ1) is 9.56. The van der Waals surface area contributed by atoms with E-state index in [0.29, 0.717) is 10.1 Å². The van der Waals surface area contributed by atoms with Gasteiger partial charge in [0.25, 0.3) is 11.4 Å². The van der Waals surface area contributed by atoms with Gasteiger partial charge in [-0.05, 0) is 33.7 Å². The molecule has 0 aromatic carbocycles. The fourth-order valence-electron chi connectivity index (χ4n) is 1.14. The van der Waals surface area contributed by atoms with Gasteiger partial charge in [-0.2, -0.15) is 27.0 Å². The van der Waals surface area contributed by atoms with E-state index in [1.165, 1.54) is 58.2 Å². The van der Waals surface area contributed by atoms with Gasteiger partial charge >= 0.3 is 0 Å². The summed E-state index contributed by atoms with van der Waals surface area (Å²) in [6, 6.07) is 5.78. The molecular formula is C10H10N4O4S4. The fourth-order valence-corrected chi connectivity index (χ4v) is 2.86. The van der Waals surface area contributed by atoms with E-state index in [-0.39, 0.29) is 38.4 Å². The summed E-state index contributed by atoms with van der Waals surface area (Å²) in [6.45, 7) is 0. The molecule has 2 heterocycles. The summed E-state index contributed by atoms with van der Waals surface area (Å²) in [7, 11) is 2.52. The van der Waals surface area contributed by atoms with Crippen molar-refractivity contribution in [2.24, 2.45) is 0 Å². The highest BCUT2D eigenvalue weighted by Crippen LogP contribution is 2.35. The Morgan fingerprint density at radius 2 is 1.14 bits per heavy atom. The Kier molecular flexibility index (Phi) is 8.86. The van der Waals surface area contributed by atoms with E-state index < -0.39 is 9.85 Å². The van der Waals surface area contributed by atoms with E-state index in [9.17, 15) is 20.2 Å². The van der Waals surface area contributed by atoms with Crippen LogP contribution in [0.2, 0.25) is 0 Å². The summed E-state index contributed by atoms with van der Waals surface area (Å²) in [4.78, 5) is 27.7. The van der Waals surface area contributed by atoms with Crippen LogP contribution in [0.25, 0.3) is 0 Å². The Hall–Kier alpha value is -1.50. The lowest BCUT2D eigenvalue weighted by Crippen LogP contribution is -1.89. The Bertz CT molecular complexity index is 581. The van der Waals surface area contributed by atoms with E-state index in [0.717, 1.165) is 0 Å². The lowest BCUT2D eigenvalue weighted by molar-refractivity contribution is -0.385. The van der Waals surface area contributed by atoms with E-state index in [4.69, 9.17) is 0 Å². The van der Waals surface area contributed by atoms with Crippen LogP contribution in [0.15, 0.2) is 46.7 Å². The van der Waals surface area contributed by atoms with Crippen LogP contribution in [0.3, 0.4) is 0 Å². The molecule has 0 aliphatic carbocycles. The maximum absolute atomic E-state index is 10.5. The SMILES string of the molecule is O=[N+]([O-])c1ccc(SSc2ccc([N+](=O)[O-])cn2)nc1.S.S. The van der Waals surface area contributed by atoms with Crippen LogP contribution in [0, 0.1) is 20.2 Å². The molecule has 0 fully saturated rings. The van der Waals surface area contributed by atoms with E-state index in [1.54, 1.807) is 0 Å². The Morgan fingerprint density at radius 1 is 0.773 bits per heavy atom. The minimum atomic E-state index is -0.521. The number of hydrogen-bond donors (Lipinski definition) is 0. The lowest BCUT2D eigenvalue weighted by atomic mass is 10.4. The normalized spacial score (nSPS) is 9.27. The molecule has 8 nitrogen and oxygen atoms in total. The summed E-state index contributed by atoms with van der Waals surface area (Å²) in [6.07, 6.45) is 2.35. The monoisotopic (exact) mass is 378 g/mol. The number of nitro groups is 2. The van der Waals surface area contributed by atoms with Crippen LogP contribution in [0.1, 0.15) is 0 Å². The smallest absolute Gasteiger partial charge is 0.258 e. The maximum atomic E-state index is 10.5. The molecule has 12 heteroatoms. The van der Waals surface area contributed by atoms with E-state index >= 15 is 0 Å². The molecule has 2 aromatic heterocycles. The number of aromatic nitrogens is 2. The molecule has 0 N–H and O–H groups in total. The predicted octanol–water partition coefficient (Wildman–Crippen LogP) is 3.32. The second-order valence-corrected chi connectivity index (χ2v) is 5.56. The van der Waals surface area contributed by atoms with Gasteiger partial charge in [-0.1, -0.05) is 0 Å². The van der Waals surface area contributed by atoms with Gasteiger partial charge in [0.2, 0.25) is 0 Å². The number of nitrogens with zero attached hydrogens (tertiary/aromatic N) is 4. The van der Waals surface area contributed by atoms with Crippen LogP contribution in [-0.2, 0) is 0 Å². The minimum Gasteiger partial charge on any atom is -0.258 e. The van der Waals surface area contributed by atoms with Crippen LogP contribution >= 0.6 is 48.6 Å². The summed E-state index contributed by atoms with van der Waals surface area (Å²) in [5.74, 6) is 0. The largest absolute Gasteiger partial charge is 0.287 e. The van der Waals surface area contributed by atoms with Gasteiger partial charge in [-0.3, -0.25) is 20.2 Å². The molecule has 0 amide bonds. The van der Waals surface area contributed by atoms with Crippen molar-refractivity contribution in [3.63, 3.8) is 0 Å². The molecule has 2 aromatic rings. The molecule has 0 saturated carbocycles. The first-order valence-corrected chi connectivity index (χ1v) is 7.26. The Balaban J connectivity index is 0.00000220. The fraction of sp³-hybridized carbons (Fsp3) is 0. The van der Waals surface area contributed by atoms with E-state index in [1.807, 2.05) is 0 Å². The first kappa shape index (κ1) is 20.5. The second kappa shape index (κ2) is 9.50. The van der Waals surface area contributed by atoms with Gasteiger partial charge in [0.15, 0.2) is 0 Å². The predicted molar refractivity (Wildman–Crippen MR) is 94.3 cm³/mol. The number of pyridine rings is 2. The Morgan fingerprint density at radius 3 is 1.36 bits per heavy atom. The van der Waals surface area contributed by atoms with Crippen LogP contribution in [0.4, 0.5) is 11.4 Å². The topological polar surface area (TPSA) is 112 Å².